The van der Waals surface area contributed by atoms with Gasteiger partial charge in [-0.25, -0.2) is 14.8 Å². The Morgan fingerprint density at radius 1 is 1.19 bits per heavy atom. The van der Waals surface area contributed by atoms with Crippen LogP contribution in [-0.2, 0) is 20.1 Å². The highest BCUT2D eigenvalue weighted by Gasteiger charge is 2.29. The Kier molecular flexibility index (Phi) is 6.05. The largest absolute Gasteiger partial charge is 0.355 e. The van der Waals surface area contributed by atoms with Crippen LogP contribution in [0.3, 0.4) is 0 Å². The zero-order valence-electron chi connectivity index (χ0n) is 20.2. The van der Waals surface area contributed by atoms with Crippen molar-refractivity contribution in [3.63, 3.8) is 0 Å². The van der Waals surface area contributed by atoms with Crippen LogP contribution < -0.4 is 21.9 Å². The lowest BCUT2D eigenvalue weighted by atomic mass is 10.1. The Balaban J connectivity index is 1.75. The molecule has 4 aromatic rings. The first-order valence-electron chi connectivity index (χ1n) is 11.8. The van der Waals surface area contributed by atoms with E-state index in [1.54, 1.807) is 24.7 Å². The number of hydrogen-bond acceptors (Lipinski definition) is 7. The smallest absolute Gasteiger partial charge is 0.331 e. The third-order valence-electron chi connectivity index (χ3n) is 6.63. The maximum atomic E-state index is 13.9. The van der Waals surface area contributed by atoms with Crippen molar-refractivity contribution in [2.75, 3.05) is 18.0 Å². The molecule has 10 nitrogen and oxygen atoms in total. The number of piperidine rings is 1. The molecule has 3 aromatic heterocycles. The molecule has 1 aliphatic rings. The molecule has 1 atom stereocenters. The highest BCUT2D eigenvalue weighted by Crippen LogP contribution is 2.32. The Hall–Kier alpha value is -4.41. The minimum atomic E-state index is -0.540. The van der Waals surface area contributed by atoms with Crippen LogP contribution in [0.5, 0.6) is 0 Å². The van der Waals surface area contributed by atoms with Crippen molar-refractivity contribution in [1.29, 1.82) is 5.26 Å². The predicted molar refractivity (Wildman–Crippen MR) is 138 cm³/mol. The van der Waals surface area contributed by atoms with Gasteiger partial charge in [0.2, 0.25) is 0 Å². The molecule has 2 N–H and O–H groups in total. The van der Waals surface area contributed by atoms with Gasteiger partial charge in [-0.15, -0.1) is 5.92 Å². The first-order valence-corrected chi connectivity index (χ1v) is 11.8. The third-order valence-corrected chi connectivity index (χ3v) is 6.63. The summed E-state index contributed by atoms with van der Waals surface area (Å²) >= 11 is 0. The molecule has 10 heteroatoms. The highest BCUT2D eigenvalue weighted by atomic mass is 16.2. The van der Waals surface area contributed by atoms with Crippen LogP contribution in [0, 0.1) is 23.2 Å². The molecule has 182 valence electrons. The molecule has 36 heavy (non-hydrogen) atoms. The molecule has 0 bridgehead atoms. The van der Waals surface area contributed by atoms with Gasteiger partial charge >= 0.3 is 5.69 Å². The standard InChI is InChI=1S/C26H26N8O2/c1-3-4-12-33-23-22(19(13-27)24(33)32-11-7-9-18(28)15-32)31(2)26(36)34(25(23)35)16-21-29-14-17-8-5-6-10-20(17)30-21/h5-6,8,10,14,18H,7,9,11-12,15-16,28H2,1-2H3/t18-/m1/s1. The predicted octanol–water partition coefficient (Wildman–Crippen LogP) is 1.32. The van der Waals surface area contributed by atoms with Crippen LogP contribution in [-0.4, -0.2) is 42.8 Å². The Bertz CT molecular complexity index is 1710. The van der Waals surface area contributed by atoms with Gasteiger partial charge in [0.1, 0.15) is 28.8 Å². The number of para-hydroxylation sites is 1. The number of aromatic nitrogens is 5. The minimum Gasteiger partial charge on any atom is -0.355 e. The third kappa shape index (κ3) is 3.82. The summed E-state index contributed by atoms with van der Waals surface area (Å²) in [6, 6.07) is 9.73. The second-order valence-corrected chi connectivity index (χ2v) is 8.95. The van der Waals surface area contributed by atoms with Crippen LogP contribution >= 0.6 is 0 Å². The quantitative estimate of drug-likeness (QED) is 0.435. The average molecular weight is 483 g/mol. The normalized spacial score (nSPS) is 15.6. The van der Waals surface area contributed by atoms with Crippen LogP contribution in [0.4, 0.5) is 5.82 Å². The number of rotatable bonds is 4. The lowest BCUT2D eigenvalue weighted by Gasteiger charge is -2.33. The fourth-order valence-corrected chi connectivity index (χ4v) is 4.94. The summed E-state index contributed by atoms with van der Waals surface area (Å²) in [5.74, 6) is 6.82. The number of nitrogens with zero attached hydrogens (tertiary/aromatic N) is 7. The maximum absolute atomic E-state index is 13.9. The lowest BCUT2D eigenvalue weighted by molar-refractivity contribution is 0.499. The molecule has 1 aliphatic heterocycles. The van der Waals surface area contributed by atoms with E-state index in [1.165, 1.54) is 4.57 Å². The van der Waals surface area contributed by atoms with Gasteiger partial charge in [0.25, 0.3) is 5.56 Å². The van der Waals surface area contributed by atoms with Gasteiger partial charge in [0, 0.05) is 37.8 Å². The van der Waals surface area contributed by atoms with E-state index in [4.69, 9.17) is 5.73 Å². The SMILES string of the molecule is CC#CCn1c(N2CCC[C@@H](N)C2)c(C#N)c2c1c(=O)n(Cc1ncc3ccccc3n1)c(=O)n2C. The van der Waals surface area contributed by atoms with Crippen LogP contribution in [0.15, 0.2) is 40.1 Å². The number of nitriles is 1. The number of anilines is 1. The van der Waals surface area contributed by atoms with E-state index in [0.29, 0.717) is 30.2 Å². The average Bonchev–Trinajstić information content (AvgIpc) is 3.23. The van der Waals surface area contributed by atoms with E-state index in [-0.39, 0.29) is 30.2 Å². The molecular weight excluding hydrogens is 456 g/mol. The van der Waals surface area contributed by atoms with Crippen molar-refractivity contribution >= 4 is 27.8 Å². The number of benzene rings is 1. The Morgan fingerprint density at radius 3 is 2.75 bits per heavy atom. The van der Waals surface area contributed by atoms with Crippen molar-refractivity contribution in [1.82, 2.24) is 23.7 Å². The fraction of sp³-hybridized carbons (Fsp3) is 0.346. The van der Waals surface area contributed by atoms with E-state index in [1.807, 2.05) is 29.2 Å². The topological polar surface area (TPSA) is 128 Å². The molecule has 1 fully saturated rings. The molecule has 0 radical (unpaired) electrons. The molecule has 0 spiro atoms. The highest BCUT2D eigenvalue weighted by molar-refractivity contribution is 5.90. The van der Waals surface area contributed by atoms with Crippen molar-refractivity contribution in [2.24, 2.45) is 12.8 Å². The van der Waals surface area contributed by atoms with E-state index in [0.717, 1.165) is 28.3 Å². The van der Waals surface area contributed by atoms with E-state index >= 15 is 0 Å². The zero-order valence-corrected chi connectivity index (χ0v) is 20.2. The van der Waals surface area contributed by atoms with Crippen LogP contribution in [0.25, 0.3) is 21.9 Å². The van der Waals surface area contributed by atoms with Gasteiger partial charge in [-0.05, 0) is 25.8 Å². The van der Waals surface area contributed by atoms with Crippen molar-refractivity contribution < 1.29 is 0 Å². The first kappa shape index (κ1) is 23.3. The fourth-order valence-electron chi connectivity index (χ4n) is 4.94. The first-order chi connectivity index (χ1) is 17.4. The van der Waals surface area contributed by atoms with Crippen molar-refractivity contribution in [3.05, 3.63) is 62.7 Å². The summed E-state index contributed by atoms with van der Waals surface area (Å²) in [7, 11) is 1.57. The maximum Gasteiger partial charge on any atom is 0.331 e. The molecule has 0 amide bonds. The molecule has 1 aromatic carbocycles. The summed E-state index contributed by atoms with van der Waals surface area (Å²) in [5.41, 5.74) is 6.75. The van der Waals surface area contributed by atoms with E-state index < -0.39 is 11.2 Å². The molecule has 0 aliphatic carbocycles. The molecule has 5 rings (SSSR count). The number of aryl methyl sites for hydroxylation is 1. The minimum absolute atomic E-state index is 0.0421. The van der Waals surface area contributed by atoms with Crippen LogP contribution in [0.2, 0.25) is 0 Å². The summed E-state index contributed by atoms with van der Waals surface area (Å²) in [6.07, 6.45) is 3.44. The van der Waals surface area contributed by atoms with Gasteiger partial charge in [-0.2, -0.15) is 5.26 Å². The second-order valence-electron chi connectivity index (χ2n) is 8.95. The Morgan fingerprint density at radius 2 is 2.00 bits per heavy atom. The molecule has 0 saturated carbocycles. The van der Waals surface area contributed by atoms with Crippen LogP contribution in [0.1, 0.15) is 31.2 Å². The number of fused-ring (bicyclic) bond motifs is 2. The van der Waals surface area contributed by atoms with Crippen molar-refractivity contribution in [3.8, 4) is 17.9 Å². The zero-order chi connectivity index (χ0) is 25.4. The lowest BCUT2D eigenvalue weighted by Crippen LogP contribution is -2.44. The summed E-state index contributed by atoms with van der Waals surface area (Å²) in [6.45, 7) is 3.08. The molecule has 0 unspecified atom stereocenters. The molecule has 4 heterocycles. The van der Waals surface area contributed by atoms with E-state index in [9.17, 15) is 14.9 Å². The molecule has 1 saturated heterocycles. The van der Waals surface area contributed by atoms with Gasteiger partial charge in [-0.3, -0.25) is 13.9 Å². The molecular formula is C26H26N8O2. The number of hydrogen-bond donors (Lipinski definition) is 1. The van der Waals surface area contributed by atoms with Gasteiger partial charge < -0.3 is 15.2 Å². The van der Waals surface area contributed by atoms with Crippen molar-refractivity contribution in [2.45, 2.75) is 38.9 Å². The summed E-state index contributed by atoms with van der Waals surface area (Å²) in [4.78, 5) is 38.2. The second kappa shape index (κ2) is 9.33. The van der Waals surface area contributed by atoms with Gasteiger partial charge in [-0.1, -0.05) is 24.1 Å². The van der Waals surface area contributed by atoms with Gasteiger partial charge in [0.15, 0.2) is 0 Å². The van der Waals surface area contributed by atoms with E-state index in [2.05, 4.69) is 27.9 Å². The summed E-state index contributed by atoms with van der Waals surface area (Å²) in [5, 5.41) is 11.0. The number of nitrogens with two attached hydrogens (primary N) is 1. The van der Waals surface area contributed by atoms with Gasteiger partial charge in [0.05, 0.1) is 24.1 Å². The monoisotopic (exact) mass is 482 g/mol. The Labute approximate surface area is 207 Å². The summed E-state index contributed by atoms with van der Waals surface area (Å²) < 4.78 is 4.23.